The van der Waals surface area contributed by atoms with Gasteiger partial charge in [-0.25, -0.2) is 4.79 Å². The van der Waals surface area contributed by atoms with Crippen LogP contribution in [-0.2, 0) is 24.2 Å². The number of fused-ring (bicyclic) bond motifs is 1. The van der Waals surface area contributed by atoms with Crippen molar-refractivity contribution in [3.63, 3.8) is 0 Å². The Bertz CT molecular complexity index is 864. The predicted molar refractivity (Wildman–Crippen MR) is 103 cm³/mol. The number of nitrogens with one attached hydrogen (secondary N) is 1. The van der Waals surface area contributed by atoms with Gasteiger partial charge in [0, 0.05) is 16.9 Å². The molecule has 0 unspecified atom stereocenters. The molecule has 3 rings (SSSR count). The Morgan fingerprint density at radius 3 is 2.92 bits per heavy atom. The number of aryl methyl sites for hydroxylation is 1. The molecule has 0 spiro atoms. The third kappa shape index (κ3) is 4.34. The van der Waals surface area contributed by atoms with Crippen LogP contribution in [-0.4, -0.2) is 32.9 Å². The molecule has 2 N–H and O–H groups in total. The number of nitrogens with zero attached hydrogens (tertiary/aromatic N) is 2. The number of carbonyl (C=O) groups is 1. The van der Waals surface area contributed by atoms with E-state index >= 15 is 0 Å². The number of aromatic nitrogens is 2. The first-order valence-electron chi connectivity index (χ1n) is 8.81. The Kier molecular flexibility index (Phi) is 6.11. The lowest BCUT2D eigenvalue weighted by Crippen LogP contribution is -2.31. The highest BCUT2D eigenvalue weighted by atomic mass is 32.2. The number of hydrogen-bond donors (Lipinski definition) is 2. The van der Waals surface area contributed by atoms with E-state index in [1.54, 1.807) is 4.57 Å². The summed E-state index contributed by atoms with van der Waals surface area (Å²) in [6.07, 6.45) is 3.75. The van der Waals surface area contributed by atoms with Gasteiger partial charge in [0.25, 0.3) is 0 Å². The standard InChI is InChI=1S/C19H23N3O3S/c1-13-5-4-6-14(11-13)20-17(24)12-26-18-15-7-2-3-8-16(15)22(9-10-23)19(25)21-18/h4-6,11,23H,2-3,7-10,12H2,1H3,(H,20,24). The van der Waals surface area contributed by atoms with Crippen molar-refractivity contribution in [2.45, 2.75) is 44.2 Å². The van der Waals surface area contributed by atoms with E-state index in [-0.39, 0.29) is 30.5 Å². The second-order valence-corrected chi connectivity index (χ2v) is 7.38. The van der Waals surface area contributed by atoms with Crippen LogP contribution in [0.4, 0.5) is 5.69 Å². The average Bonchev–Trinajstić information content (AvgIpc) is 2.62. The zero-order valence-corrected chi connectivity index (χ0v) is 15.6. The van der Waals surface area contributed by atoms with Crippen LogP contribution >= 0.6 is 11.8 Å². The molecule has 1 amide bonds. The first-order chi connectivity index (χ1) is 12.6. The van der Waals surface area contributed by atoms with Gasteiger partial charge in [-0.05, 0) is 50.3 Å². The molecule has 0 radical (unpaired) electrons. The highest BCUT2D eigenvalue weighted by Gasteiger charge is 2.20. The van der Waals surface area contributed by atoms with Gasteiger partial charge < -0.3 is 10.4 Å². The molecule has 1 aliphatic carbocycles. The number of anilines is 1. The second kappa shape index (κ2) is 8.51. The van der Waals surface area contributed by atoms with Crippen LogP contribution in [0.1, 0.15) is 29.7 Å². The minimum atomic E-state index is -0.346. The molecule has 0 saturated heterocycles. The van der Waals surface area contributed by atoms with E-state index in [9.17, 15) is 14.7 Å². The van der Waals surface area contributed by atoms with Crippen molar-refractivity contribution >= 4 is 23.4 Å². The molecule has 0 atom stereocenters. The molecule has 1 aliphatic rings. The lowest BCUT2D eigenvalue weighted by Gasteiger charge is -2.22. The Labute approximate surface area is 156 Å². The van der Waals surface area contributed by atoms with Gasteiger partial charge in [-0.3, -0.25) is 9.36 Å². The summed E-state index contributed by atoms with van der Waals surface area (Å²) in [5.74, 6) is 0.0862. The highest BCUT2D eigenvalue weighted by molar-refractivity contribution is 8.00. The van der Waals surface area contributed by atoms with Crippen LogP contribution in [0.2, 0.25) is 0 Å². The van der Waals surface area contributed by atoms with E-state index in [0.29, 0.717) is 5.03 Å². The first kappa shape index (κ1) is 18.7. The average molecular weight is 373 g/mol. The summed E-state index contributed by atoms with van der Waals surface area (Å²) in [6, 6.07) is 7.64. The molecule has 0 aliphatic heterocycles. The van der Waals surface area contributed by atoms with Gasteiger partial charge in [-0.15, -0.1) is 0 Å². The third-order valence-electron chi connectivity index (χ3n) is 4.42. The summed E-state index contributed by atoms with van der Waals surface area (Å²) in [4.78, 5) is 28.7. The molecule has 1 aromatic carbocycles. The number of aliphatic hydroxyl groups is 1. The van der Waals surface area contributed by atoms with E-state index in [1.165, 1.54) is 11.8 Å². The topological polar surface area (TPSA) is 84.2 Å². The molecular weight excluding hydrogens is 350 g/mol. The number of amides is 1. The van der Waals surface area contributed by atoms with Crippen LogP contribution in [0.25, 0.3) is 0 Å². The van der Waals surface area contributed by atoms with Gasteiger partial charge >= 0.3 is 5.69 Å². The maximum Gasteiger partial charge on any atom is 0.348 e. The molecule has 6 nitrogen and oxygen atoms in total. The van der Waals surface area contributed by atoms with Crippen LogP contribution < -0.4 is 11.0 Å². The SMILES string of the molecule is Cc1cccc(NC(=O)CSc2nc(=O)n(CCO)c3c2CCCC3)c1. The van der Waals surface area contributed by atoms with Crippen molar-refractivity contribution in [3.8, 4) is 0 Å². The molecular formula is C19H23N3O3S. The van der Waals surface area contributed by atoms with Crippen molar-refractivity contribution < 1.29 is 9.90 Å². The quantitative estimate of drug-likeness (QED) is 0.599. The van der Waals surface area contributed by atoms with Gasteiger partial charge in [0.2, 0.25) is 5.91 Å². The maximum absolute atomic E-state index is 12.3. The summed E-state index contributed by atoms with van der Waals surface area (Å²) in [5.41, 5.74) is 3.52. The summed E-state index contributed by atoms with van der Waals surface area (Å²) >= 11 is 1.31. The molecule has 7 heteroatoms. The molecule has 26 heavy (non-hydrogen) atoms. The Morgan fingerprint density at radius 2 is 2.15 bits per heavy atom. The van der Waals surface area contributed by atoms with Gasteiger partial charge in [0.15, 0.2) is 0 Å². The van der Waals surface area contributed by atoms with Crippen LogP contribution in [0, 0.1) is 6.92 Å². The van der Waals surface area contributed by atoms with E-state index in [0.717, 1.165) is 48.2 Å². The highest BCUT2D eigenvalue weighted by Crippen LogP contribution is 2.28. The van der Waals surface area contributed by atoms with Crippen LogP contribution in [0.15, 0.2) is 34.1 Å². The molecule has 2 aromatic rings. The van der Waals surface area contributed by atoms with Crippen molar-refractivity contribution in [2.75, 3.05) is 17.7 Å². The number of hydrogen-bond acceptors (Lipinski definition) is 5. The van der Waals surface area contributed by atoms with E-state index in [1.807, 2.05) is 31.2 Å². The summed E-state index contributed by atoms with van der Waals surface area (Å²) in [7, 11) is 0. The number of benzene rings is 1. The largest absolute Gasteiger partial charge is 0.395 e. The van der Waals surface area contributed by atoms with Crippen molar-refractivity contribution in [1.29, 1.82) is 0 Å². The molecule has 0 bridgehead atoms. The fourth-order valence-electron chi connectivity index (χ4n) is 3.25. The van der Waals surface area contributed by atoms with Gasteiger partial charge in [-0.2, -0.15) is 4.98 Å². The molecule has 0 saturated carbocycles. The lowest BCUT2D eigenvalue weighted by atomic mass is 9.97. The Balaban J connectivity index is 1.74. The normalized spacial score (nSPS) is 13.3. The van der Waals surface area contributed by atoms with Crippen LogP contribution in [0.5, 0.6) is 0 Å². The molecule has 1 aromatic heterocycles. The molecule has 1 heterocycles. The fraction of sp³-hybridized carbons (Fsp3) is 0.421. The van der Waals surface area contributed by atoms with Crippen LogP contribution in [0.3, 0.4) is 0 Å². The lowest BCUT2D eigenvalue weighted by molar-refractivity contribution is -0.113. The summed E-state index contributed by atoms with van der Waals surface area (Å²) in [5, 5.41) is 12.7. The smallest absolute Gasteiger partial charge is 0.348 e. The molecule has 0 fully saturated rings. The predicted octanol–water partition coefficient (Wildman–Crippen LogP) is 2.15. The number of rotatable bonds is 6. The zero-order valence-electron chi connectivity index (χ0n) is 14.8. The fourth-order valence-corrected chi connectivity index (χ4v) is 4.13. The van der Waals surface area contributed by atoms with Gasteiger partial charge in [0.05, 0.1) is 18.9 Å². The second-order valence-electron chi connectivity index (χ2n) is 6.41. The van der Waals surface area contributed by atoms with E-state index in [2.05, 4.69) is 10.3 Å². The minimum absolute atomic E-state index is 0.0839. The van der Waals surface area contributed by atoms with Crippen molar-refractivity contribution in [2.24, 2.45) is 0 Å². The zero-order chi connectivity index (χ0) is 18.5. The summed E-state index contributed by atoms with van der Waals surface area (Å²) < 4.78 is 1.57. The first-order valence-corrected chi connectivity index (χ1v) is 9.80. The van der Waals surface area contributed by atoms with Crippen molar-refractivity contribution in [3.05, 3.63) is 51.6 Å². The molecule has 138 valence electrons. The third-order valence-corrected chi connectivity index (χ3v) is 5.43. The summed E-state index contributed by atoms with van der Waals surface area (Å²) in [6.45, 7) is 2.16. The monoisotopic (exact) mass is 373 g/mol. The van der Waals surface area contributed by atoms with Gasteiger partial charge in [-0.1, -0.05) is 23.9 Å². The van der Waals surface area contributed by atoms with Crippen molar-refractivity contribution in [1.82, 2.24) is 9.55 Å². The van der Waals surface area contributed by atoms with Gasteiger partial charge in [0.1, 0.15) is 5.03 Å². The Morgan fingerprint density at radius 1 is 1.35 bits per heavy atom. The number of carbonyl (C=O) groups excluding carboxylic acids is 1. The number of aliphatic hydroxyl groups excluding tert-OH is 1. The minimum Gasteiger partial charge on any atom is -0.395 e. The maximum atomic E-state index is 12.3. The Hall–Kier alpha value is -2.12. The van der Waals surface area contributed by atoms with E-state index < -0.39 is 0 Å². The number of thioether (sulfide) groups is 1. The van der Waals surface area contributed by atoms with E-state index in [4.69, 9.17) is 0 Å².